The Balaban J connectivity index is 2.54. The van der Waals surface area contributed by atoms with Crippen molar-refractivity contribution in [3.05, 3.63) is 18.0 Å². The Labute approximate surface area is 97.6 Å². The van der Waals surface area contributed by atoms with E-state index in [1.165, 1.54) is 5.56 Å². The number of hydrogen-bond donors (Lipinski definition) is 0. The van der Waals surface area contributed by atoms with Gasteiger partial charge in [0.25, 0.3) is 0 Å². The van der Waals surface area contributed by atoms with E-state index < -0.39 is 0 Å². The van der Waals surface area contributed by atoms with Crippen LogP contribution in [0.15, 0.2) is 12.4 Å². The fourth-order valence-corrected chi connectivity index (χ4v) is 2.38. The molecule has 0 aliphatic carbocycles. The van der Waals surface area contributed by atoms with Crippen molar-refractivity contribution in [1.82, 2.24) is 9.78 Å². The van der Waals surface area contributed by atoms with Gasteiger partial charge >= 0.3 is 0 Å². The van der Waals surface area contributed by atoms with Crippen LogP contribution in [0, 0.1) is 5.41 Å². The monoisotopic (exact) mass is 228 g/mol. The van der Waals surface area contributed by atoms with Gasteiger partial charge in [-0.25, -0.2) is 0 Å². The van der Waals surface area contributed by atoms with Crippen LogP contribution in [0.1, 0.15) is 38.7 Å². The van der Waals surface area contributed by atoms with Crippen molar-refractivity contribution in [1.29, 1.82) is 0 Å². The van der Waals surface area contributed by atoms with E-state index in [9.17, 15) is 0 Å². The van der Waals surface area contributed by atoms with Crippen LogP contribution in [0.5, 0.6) is 0 Å². The van der Waals surface area contributed by atoms with Crippen LogP contribution < -0.4 is 0 Å². The molecule has 0 spiro atoms. The van der Waals surface area contributed by atoms with Gasteiger partial charge in [-0.1, -0.05) is 13.8 Å². The average molecular weight is 229 g/mol. The van der Waals surface area contributed by atoms with Gasteiger partial charge < -0.3 is 0 Å². The summed E-state index contributed by atoms with van der Waals surface area (Å²) in [5.41, 5.74) is 1.63. The Bertz CT molecular complexity index is 281. The topological polar surface area (TPSA) is 17.8 Å². The number of halogens is 1. The highest BCUT2D eigenvalue weighted by molar-refractivity contribution is 6.18. The van der Waals surface area contributed by atoms with Crippen molar-refractivity contribution in [3.63, 3.8) is 0 Å². The lowest BCUT2D eigenvalue weighted by atomic mass is 9.79. The first kappa shape index (κ1) is 12.6. The van der Waals surface area contributed by atoms with Gasteiger partial charge in [-0.05, 0) is 36.7 Å². The SMILES string of the molecule is CCC(CC)(CCl)CCc1cnn(C)c1. The lowest BCUT2D eigenvalue weighted by molar-refractivity contribution is 0.279. The van der Waals surface area contributed by atoms with Gasteiger partial charge in [-0.2, -0.15) is 5.10 Å². The third kappa shape index (κ3) is 3.23. The van der Waals surface area contributed by atoms with Crippen LogP contribution in [0.3, 0.4) is 0 Å². The minimum atomic E-state index is 0.317. The maximum Gasteiger partial charge on any atom is 0.0521 e. The number of nitrogens with zero attached hydrogens (tertiary/aromatic N) is 2. The molecular formula is C12H21ClN2. The largest absolute Gasteiger partial charge is 0.276 e. The number of hydrogen-bond acceptors (Lipinski definition) is 1. The van der Waals surface area contributed by atoms with E-state index >= 15 is 0 Å². The van der Waals surface area contributed by atoms with Crippen molar-refractivity contribution in [2.45, 2.75) is 39.5 Å². The lowest BCUT2D eigenvalue weighted by Crippen LogP contribution is -2.21. The van der Waals surface area contributed by atoms with E-state index in [0.29, 0.717) is 5.41 Å². The number of aryl methyl sites for hydroxylation is 2. The summed E-state index contributed by atoms with van der Waals surface area (Å²) < 4.78 is 1.86. The van der Waals surface area contributed by atoms with Gasteiger partial charge in [0.1, 0.15) is 0 Å². The minimum absolute atomic E-state index is 0.317. The van der Waals surface area contributed by atoms with E-state index in [0.717, 1.165) is 31.6 Å². The molecule has 1 heterocycles. The van der Waals surface area contributed by atoms with Gasteiger partial charge in [0, 0.05) is 19.1 Å². The third-order valence-electron chi connectivity index (χ3n) is 3.49. The molecule has 15 heavy (non-hydrogen) atoms. The van der Waals surface area contributed by atoms with Crippen molar-refractivity contribution < 1.29 is 0 Å². The van der Waals surface area contributed by atoms with E-state index in [2.05, 4.69) is 25.1 Å². The minimum Gasteiger partial charge on any atom is -0.276 e. The summed E-state index contributed by atoms with van der Waals surface area (Å²) >= 11 is 6.08. The summed E-state index contributed by atoms with van der Waals surface area (Å²) in [5, 5.41) is 4.18. The zero-order valence-corrected chi connectivity index (χ0v) is 10.7. The molecule has 0 N–H and O–H groups in total. The maximum atomic E-state index is 6.08. The van der Waals surface area contributed by atoms with Crippen molar-refractivity contribution in [2.24, 2.45) is 12.5 Å². The highest BCUT2D eigenvalue weighted by Crippen LogP contribution is 2.33. The van der Waals surface area contributed by atoms with E-state index in [1.807, 2.05) is 17.9 Å². The van der Waals surface area contributed by atoms with E-state index in [1.54, 1.807) is 0 Å². The molecule has 0 fully saturated rings. The quantitative estimate of drug-likeness (QED) is 0.683. The smallest absolute Gasteiger partial charge is 0.0521 e. The normalized spacial score (nSPS) is 12.0. The first-order chi connectivity index (χ1) is 7.15. The molecule has 0 saturated heterocycles. The summed E-state index contributed by atoms with van der Waals surface area (Å²) in [6.45, 7) is 4.46. The molecule has 0 bridgehead atoms. The molecule has 0 aliphatic rings. The van der Waals surface area contributed by atoms with Crippen LogP contribution in [0.25, 0.3) is 0 Å². The van der Waals surface area contributed by atoms with Crippen molar-refractivity contribution in [2.75, 3.05) is 5.88 Å². The highest BCUT2D eigenvalue weighted by atomic mass is 35.5. The molecule has 0 amide bonds. The summed E-state index contributed by atoms with van der Waals surface area (Å²) in [4.78, 5) is 0. The Morgan fingerprint density at radius 3 is 2.47 bits per heavy atom. The molecular weight excluding hydrogens is 208 g/mol. The molecule has 0 unspecified atom stereocenters. The summed E-state index contributed by atoms with van der Waals surface area (Å²) in [7, 11) is 1.96. The fraction of sp³-hybridized carbons (Fsp3) is 0.750. The van der Waals surface area contributed by atoms with Crippen molar-refractivity contribution in [3.8, 4) is 0 Å². The van der Waals surface area contributed by atoms with Gasteiger partial charge in [-0.3, -0.25) is 4.68 Å². The van der Waals surface area contributed by atoms with Gasteiger partial charge in [0.2, 0.25) is 0 Å². The predicted molar refractivity (Wildman–Crippen MR) is 65.3 cm³/mol. The number of rotatable bonds is 6. The molecule has 3 heteroatoms. The average Bonchev–Trinajstić information content (AvgIpc) is 2.67. The number of aromatic nitrogens is 2. The van der Waals surface area contributed by atoms with Crippen LogP contribution in [-0.4, -0.2) is 15.7 Å². The molecule has 2 nitrogen and oxygen atoms in total. The molecule has 1 aromatic rings. The van der Waals surface area contributed by atoms with E-state index in [4.69, 9.17) is 11.6 Å². The summed E-state index contributed by atoms with van der Waals surface area (Å²) in [6.07, 6.45) is 8.60. The van der Waals surface area contributed by atoms with Gasteiger partial charge in [-0.15, -0.1) is 11.6 Å². The van der Waals surface area contributed by atoms with Crippen LogP contribution >= 0.6 is 11.6 Å². The molecule has 0 aliphatic heterocycles. The van der Waals surface area contributed by atoms with Crippen LogP contribution in [0.2, 0.25) is 0 Å². The Morgan fingerprint density at radius 1 is 1.40 bits per heavy atom. The highest BCUT2D eigenvalue weighted by Gasteiger charge is 2.24. The molecule has 1 aromatic heterocycles. The molecule has 0 radical (unpaired) electrons. The maximum absolute atomic E-state index is 6.08. The zero-order chi connectivity index (χ0) is 11.3. The van der Waals surface area contributed by atoms with E-state index in [-0.39, 0.29) is 0 Å². The van der Waals surface area contributed by atoms with Crippen molar-refractivity contribution >= 4 is 11.6 Å². The fourth-order valence-electron chi connectivity index (χ4n) is 1.87. The predicted octanol–water partition coefficient (Wildman–Crippen LogP) is 3.40. The second-order valence-electron chi connectivity index (χ2n) is 4.36. The first-order valence-corrected chi connectivity index (χ1v) is 6.22. The van der Waals surface area contributed by atoms with Crippen LogP contribution in [-0.2, 0) is 13.5 Å². The molecule has 0 aromatic carbocycles. The third-order valence-corrected chi connectivity index (χ3v) is 4.05. The number of alkyl halides is 1. The second kappa shape index (κ2) is 5.55. The van der Waals surface area contributed by atoms with Gasteiger partial charge in [0.05, 0.1) is 6.20 Å². The Morgan fingerprint density at radius 2 is 2.07 bits per heavy atom. The first-order valence-electron chi connectivity index (χ1n) is 5.69. The second-order valence-corrected chi connectivity index (χ2v) is 4.63. The molecule has 1 rings (SSSR count). The standard InChI is InChI=1S/C12H21ClN2/c1-4-12(5-2,10-13)7-6-11-8-14-15(3)9-11/h8-9H,4-7,10H2,1-3H3. The Kier molecular flexibility index (Phi) is 4.65. The lowest BCUT2D eigenvalue weighted by Gasteiger charge is -2.29. The molecule has 0 saturated carbocycles. The molecule has 0 atom stereocenters. The molecule has 86 valence electrons. The Hall–Kier alpha value is -0.500. The summed E-state index contributed by atoms with van der Waals surface area (Å²) in [6, 6.07) is 0. The zero-order valence-electron chi connectivity index (χ0n) is 9.96. The van der Waals surface area contributed by atoms with Gasteiger partial charge in [0.15, 0.2) is 0 Å². The summed E-state index contributed by atoms with van der Waals surface area (Å²) in [5.74, 6) is 0.764. The van der Waals surface area contributed by atoms with Crippen LogP contribution in [0.4, 0.5) is 0 Å².